The molecular weight excluding hydrogens is 326 g/mol. The molecule has 0 bridgehead atoms. The zero-order valence-electron chi connectivity index (χ0n) is 12.5. The number of carbonyl (C=O) groups excluding carboxylic acids is 2. The molecule has 0 unspecified atom stereocenters. The van der Waals surface area contributed by atoms with E-state index in [4.69, 9.17) is 5.11 Å². The maximum Gasteiger partial charge on any atom is 0.323 e. The minimum absolute atomic E-state index is 0.230. The predicted octanol–water partition coefficient (Wildman–Crippen LogP) is 3.47. The second-order valence-corrected chi connectivity index (χ2v) is 6.14. The van der Waals surface area contributed by atoms with Gasteiger partial charge in [-0.15, -0.1) is 0 Å². The lowest BCUT2D eigenvalue weighted by Crippen LogP contribution is -2.33. The summed E-state index contributed by atoms with van der Waals surface area (Å²) in [6, 6.07) is 17.5. The van der Waals surface area contributed by atoms with Gasteiger partial charge in [-0.25, -0.2) is 0 Å². The molecule has 0 saturated carbocycles. The zero-order chi connectivity index (χ0) is 17.1. The van der Waals surface area contributed by atoms with Crippen LogP contribution in [0, 0.1) is 0 Å². The maximum absolute atomic E-state index is 12.1. The molecule has 1 saturated heterocycles. The van der Waals surface area contributed by atoms with Crippen LogP contribution in [0.15, 0.2) is 59.5 Å². The monoisotopic (exact) mass is 339 g/mol. The largest absolute Gasteiger partial charge is 0.480 e. The molecule has 0 aliphatic carbocycles. The van der Waals surface area contributed by atoms with Gasteiger partial charge in [0, 0.05) is 0 Å². The summed E-state index contributed by atoms with van der Waals surface area (Å²) in [7, 11) is 0. The van der Waals surface area contributed by atoms with Gasteiger partial charge in [0.05, 0.1) is 4.91 Å². The number of benzene rings is 2. The molecule has 0 aromatic heterocycles. The molecule has 2 aromatic carbocycles. The first-order chi connectivity index (χ1) is 11.5. The van der Waals surface area contributed by atoms with Gasteiger partial charge in [-0.05, 0) is 34.5 Å². The molecule has 120 valence electrons. The molecule has 2 aromatic rings. The summed E-state index contributed by atoms with van der Waals surface area (Å²) in [6.07, 6.45) is 1.60. The molecule has 0 radical (unpaired) electrons. The Morgan fingerprint density at radius 1 is 1.00 bits per heavy atom. The van der Waals surface area contributed by atoms with Crippen LogP contribution in [0.25, 0.3) is 17.2 Å². The molecule has 1 fully saturated rings. The number of nitrogens with zero attached hydrogens (tertiary/aromatic N) is 1. The van der Waals surface area contributed by atoms with E-state index >= 15 is 0 Å². The van der Waals surface area contributed by atoms with Crippen molar-refractivity contribution in [1.29, 1.82) is 0 Å². The number of thioether (sulfide) groups is 1. The number of amides is 2. The highest BCUT2D eigenvalue weighted by Crippen LogP contribution is 2.32. The van der Waals surface area contributed by atoms with Gasteiger partial charge >= 0.3 is 5.97 Å². The van der Waals surface area contributed by atoms with E-state index in [1.54, 1.807) is 6.08 Å². The number of carbonyl (C=O) groups is 3. The molecule has 3 rings (SSSR count). The standard InChI is InChI=1S/C18H13NO4S/c20-16(21)11-19-17(22)15(24-18(19)23)10-12-6-8-14(9-7-12)13-4-2-1-3-5-13/h1-10H,11H2,(H,20,21)/b15-10-. The van der Waals surface area contributed by atoms with Crippen molar-refractivity contribution in [3.05, 3.63) is 65.1 Å². The average molecular weight is 339 g/mol. The molecule has 5 nitrogen and oxygen atoms in total. The average Bonchev–Trinajstić information content (AvgIpc) is 2.83. The summed E-state index contributed by atoms with van der Waals surface area (Å²) < 4.78 is 0. The second kappa shape index (κ2) is 6.72. The highest BCUT2D eigenvalue weighted by molar-refractivity contribution is 8.18. The van der Waals surface area contributed by atoms with Crippen LogP contribution in [0.3, 0.4) is 0 Å². The lowest BCUT2D eigenvalue weighted by Gasteiger charge is -2.07. The molecule has 1 aliphatic heterocycles. The Morgan fingerprint density at radius 3 is 2.25 bits per heavy atom. The van der Waals surface area contributed by atoms with E-state index in [0.29, 0.717) is 0 Å². The van der Waals surface area contributed by atoms with E-state index in [1.807, 2.05) is 54.6 Å². The van der Waals surface area contributed by atoms with Crippen LogP contribution in [-0.4, -0.2) is 33.7 Å². The fraction of sp³-hybridized carbons (Fsp3) is 0.0556. The van der Waals surface area contributed by atoms with E-state index in [9.17, 15) is 14.4 Å². The highest BCUT2D eigenvalue weighted by Gasteiger charge is 2.36. The number of aliphatic carboxylic acids is 1. The van der Waals surface area contributed by atoms with E-state index < -0.39 is 23.7 Å². The molecule has 0 spiro atoms. The summed E-state index contributed by atoms with van der Waals surface area (Å²) in [5.41, 5.74) is 2.91. The van der Waals surface area contributed by atoms with Crippen LogP contribution in [0.5, 0.6) is 0 Å². The van der Waals surface area contributed by atoms with Gasteiger partial charge < -0.3 is 5.11 Å². The van der Waals surface area contributed by atoms with E-state index in [2.05, 4.69) is 0 Å². The van der Waals surface area contributed by atoms with Crippen LogP contribution in [0.1, 0.15) is 5.56 Å². The fourth-order valence-electron chi connectivity index (χ4n) is 2.33. The Morgan fingerprint density at radius 2 is 1.62 bits per heavy atom. The topological polar surface area (TPSA) is 74.7 Å². The Bertz CT molecular complexity index is 828. The normalized spacial score (nSPS) is 16.0. The van der Waals surface area contributed by atoms with Crippen molar-refractivity contribution >= 4 is 35.0 Å². The SMILES string of the molecule is O=C(O)CN1C(=O)S/C(=C\c2ccc(-c3ccccc3)cc2)C1=O. The van der Waals surface area contributed by atoms with E-state index in [-0.39, 0.29) is 4.91 Å². The van der Waals surface area contributed by atoms with Crippen LogP contribution in [0.4, 0.5) is 4.79 Å². The Hall–Kier alpha value is -2.86. The van der Waals surface area contributed by atoms with Gasteiger partial charge in [0.25, 0.3) is 11.1 Å². The van der Waals surface area contributed by atoms with Crippen molar-refractivity contribution in [3.63, 3.8) is 0 Å². The minimum Gasteiger partial charge on any atom is -0.480 e. The van der Waals surface area contributed by atoms with Crippen molar-refractivity contribution in [2.45, 2.75) is 0 Å². The van der Waals surface area contributed by atoms with Gasteiger partial charge in [0.1, 0.15) is 6.54 Å². The van der Waals surface area contributed by atoms with Crippen LogP contribution in [0.2, 0.25) is 0 Å². The van der Waals surface area contributed by atoms with Crippen molar-refractivity contribution in [1.82, 2.24) is 4.90 Å². The van der Waals surface area contributed by atoms with Crippen LogP contribution >= 0.6 is 11.8 Å². The highest BCUT2D eigenvalue weighted by atomic mass is 32.2. The van der Waals surface area contributed by atoms with Gasteiger partial charge in [0.2, 0.25) is 0 Å². The number of rotatable bonds is 4. The minimum atomic E-state index is -1.22. The molecular formula is C18H13NO4S. The molecule has 1 heterocycles. The molecule has 0 atom stereocenters. The smallest absolute Gasteiger partial charge is 0.323 e. The summed E-state index contributed by atoms with van der Waals surface area (Å²) in [5.74, 6) is -1.79. The van der Waals surface area contributed by atoms with E-state index in [1.165, 1.54) is 0 Å². The van der Waals surface area contributed by atoms with Gasteiger partial charge in [-0.1, -0.05) is 54.6 Å². The summed E-state index contributed by atoms with van der Waals surface area (Å²) in [4.78, 5) is 35.5. The Labute approximate surface area is 142 Å². The third-order valence-corrected chi connectivity index (χ3v) is 4.39. The van der Waals surface area contributed by atoms with Crippen molar-refractivity contribution in [3.8, 4) is 11.1 Å². The van der Waals surface area contributed by atoms with Crippen molar-refractivity contribution < 1.29 is 19.5 Å². The van der Waals surface area contributed by atoms with Gasteiger partial charge in [-0.2, -0.15) is 0 Å². The third kappa shape index (κ3) is 3.38. The molecule has 24 heavy (non-hydrogen) atoms. The summed E-state index contributed by atoms with van der Waals surface area (Å²) >= 11 is 0.754. The molecule has 2 amide bonds. The summed E-state index contributed by atoms with van der Waals surface area (Å²) in [5, 5.41) is 8.19. The first kappa shape index (κ1) is 16.0. The zero-order valence-corrected chi connectivity index (χ0v) is 13.3. The quantitative estimate of drug-likeness (QED) is 0.863. The Kier molecular flexibility index (Phi) is 4.48. The first-order valence-electron chi connectivity index (χ1n) is 7.17. The maximum atomic E-state index is 12.1. The third-order valence-electron chi connectivity index (χ3n) is 3.48. The number of carboxylic acid groups (broad SMARTS) is 1. The number of imide groups is 1. The second-order valence-electron chi connectivity index (χ2n) is 5.15. The Balaban J connectivity index is 1.81. The fourth-order valence-corrected chi connectivity index (χ4v) is 3.16. The molecule has 6 heteroatoms. The summed E-state index contributed by atoms with van der Waals surface area (Å²) in [6.45, 7) is -0.616. The van der Waals surface area contributed by atoms with Crippen molar-refractivity contribution in [2.24, 2.45) is 0 Å². The van der Waals surface area contributed by atoms with Gasteiger partial charge in [-0.3, -0.25) is 19.3 Å². The number of carboxylic acids is 1. The van der Waals surface area contributed by atoms with E-state index in [0.717, 1.165) is 33.4 Å². The number of hydrogen-bond acceptors (Lipinski definition) is 4. The van der Waals surface area contributed by atoms with Crippen molar-refractivity contribution in [2.75, 3.05) is 6.54 Å². The van der Waals surface area contributed by atoms with Gasteiger partial charge in [0.15, 0.2) is 0 Å². The molecule has 1 aliphatic rings. The first-order valence-corrected chi connectivity index (χ1v) is 7.99. The molecule has 1 N–H and O–H groups in total. The van der Waals surface area contributed by atoms with Crippen LogP contribution in [-0.2, 0) is 9.59 Å². The van der Waals surface area contributed by atoms with Crippen LogP contribution < -0.4 is 0 Å². The lowest BCUT2D eigenvalue weighted by atomic mass is 10.0. The predicted molar refractivity (Wildman–Crippen MR) is 92.2 cm³/mol. The number of hydrogen-bond donors (Lipinski definition) is 1. The lowest BCUT2D eigenvalue weighted by molar-refractivity contribution is -0.140.